The number of aliphatic imine (C=N–C) groups is 1. The van der Waals surface area contributed by atoms with Crippen molar-refractivity contribution in [3.05, 3.63) is 22.4 Å². The molecule has 1 saturated heterocycles. The van der Waals surface area contributed by atoms with Crippen molar-refractivity contribution in [2.75, 3.05) is 39.8 Å². The number of rotatable bonds is 8. The van der Waals surface area contributed by atoms with Crippen molar-refractivity contribution >= 4 is 41.3 Å². The van der Waals surface area contributed by atoms with Crippen LogP contribution in [0, 0.1) is 11.8 Å². The first kappa shape index (κ1) is 21.7. The summed E-state index contributed by atoms with van der Waals surface area (Å²) in [6.45, 7) is 10.3. The quantitative estimate of drug-likeness (QED) is 0.352. The van der Waals surface area contributed by atoms with E-state index in [1.54, 1.807) is 0 Å². The van der Waals surface area contributed by atoms with Gasteiger partial charge < -0.3 is 15.5 Å². The Morgan fingerprint density at radius 1 is 1.46 bits per heavy atom. The fourth-order valence-corrected chi connectivity index (χ4v) is 4.05. The molecule has 0 radical (unpaired) electrons. The Morgan fingerprint density at radius 3 is 2.96 bits per heavy atom. The zero-order chi connectivity index (χ0) is 16.5. The first-order valence-electron chi connectivity index (χ1n) is 8.90. The molecule has 0 spiro atoms. The molecular formula is C18H33IN4S. The minimum Gasteiger partial charge on any atom is -0.356 e. The summed E-state index contributed by atoms with van der Waals surface area (Å²) >= 11 is 1.84. The first-order chi connectivity index (χ1) is 11.2. The van der Waals surface area contributed by atoms with Crippen molar-refractivity contribution in [3.63, 3.8) is 0 Å². The highest BCUT2D eigenvalue weighted by Crippen LogP contribution is 2.15. The van der Waals surface area contributed by atoms with Crippen molar-refractivity contribution in [3.8, 4) is 0 Å². The maximum absolute atomic E-state index is 4.36. The van der Waals surface area contributed by atoms with Crippen LogP contribution in [0.15, 0.2) is 22.5 Å². The van der Waals surface area contributed by atoms with Crippen LogP contribution in [0.2, 0.25) is 0 Å². The van der Waals surface area contributed by atoms with E-state index in [9.17, 15) is 0 Å². The van der Waals surface area contributed by atoms with E-state index in [0.29, 0.717) is 5.92 Å². The van der Waals surface area contributed by atoms with Gasteiger partial charge in [0.05, 0.1) is 0 Å². The number of halogens is 1. The van der Waals surface area contributed by atoms with E-state index >= 15 is 0 Å². The molecular weight excluding hydrogens is 431 g/mol. The molecule has 2 unspecified atom stereocenters. The third-order valence-corrected chi connectivity index (χ3v) is 5.34. The maximum Gasteiger partial charge on any atom is 0.190 e. The molecule has 4 nitrogen and oxygen atoms in total. The highest BCUT2D eigenvalue weighted by Gasteiger charge is 2.21. The summed E-state index contributed by atoms with van der Waals surface area (Å²) < 4.78 is 0. The minimum atomic E-state index is 0. The Labute approximate surface area is 168 Å². The largest absolute Gasteiger partial charge is 0.356 e. The summed E-state index contributed by atoms with van der Waals surface area (Å²) in [6.07, 6.45) is 3.69. The lowest BCUT2D eigenvalue weighted by Crippen LogP contribution is -2.42. The average Bonchev–Trinajstić information content (AvgIpc) is 3.20. The SMILES string of the molecule is CCCN1CCC(CNC(=NC)NCC(C)Cc2cccs2)C1.I. The third-order valence-electron chi connectivity index (χ3n) is 4.44. The summed E-state index contributed by atoms with van der Waals surface area (Å²) in [5.74, 6) is 2.30. The zero-order valence-corrected chi connectivity index (χ0v) is 18.4. The predicted octanol–water partition coefficient (Wildman–Crippen LogP) is 3.44. The van der Waals surface area contributed by atoms with Gasteiger partial charge in [-0.3, -0.25) is 4.99 Å². The highest BCUT2D eigenvalue weighted by atomic mass is 127. The number of hydrogen-bond donors (Lipinski definition) is 2. The molecule has 0 amide bonds. The van der Waals surface area contributed by atoms with Gasteiger partial charge in [-0.05, 0) is 55.6 Å². The van der Waals surface area contributed by atoms with Crippen molar-refractivity contribution in [1.82, 2.24) is 15.5 Å². The molecule has 138 valence electrons. The Balaban J connectivity index is 0.00000288. The molecule has 1 aromatic rings. The van der Waals surface area contributed by atoms with Crippen LogP contribution < -0.4 is 10.6 Å². The van der Waals surface area contributed by atoms with E-state index in [2.05, 4.69) is 51.9 Å². The van der Waals surface area contributed by atoms with Crippen LogP contribution in [0.3, 0.4) is 0 Å². The van der Waals surface area contributed by atoms with Gasteiger partial charge in [-0.25, -0.2) is 0 Å². The van der Waals surface area contributed by atoms with Gasteiger partial charge in [0.1, 0.15) is 0 Å². The molecule has 6 heteroatoms. The van der Waals surface area contributed by atoms with E-state index in [-0.39, 0.29) is 24.0 Å². The molecule has 2 atom stereocenters. The molecule has 0 bridgehead atoms. The molecule has 0 aromatic carbocycles. The zero-order valence-electron chi connectivity index (χ0n) is 15.3. The third kappa shape index (κ3) is 7.70. The number of nitrogens with zero attached hydrogens (tertiary/aromatic N) is 2. The van der Waals surface area contributed by atoms with Crippen LogP contribution >= 0.6 is 35.3 Å². The Bertz CT molecular complexity index is 464. The molecule has 2 heterocycles. The second-order valence-electron chi connectivity index (χ2n) is 6.68. The van der Waals surface area contributed by atoms with Crippen molar-refractivity contribution in [1.29, 1.82) is 0 Å². The Morgan fingerprint density at radius 2 is 2.29 bits per heavy atom. The predicted molar refractivity (Wildman–Crippen MR) is 117 cm³/mol. The van der Waals surface area contributed by atoms with E-state index < -0.39 is 0 Å². The van der Waals surface area contributed by atoms with Gasteiger partial charge in [0.2, 0.25) is 0 Å². The number of likely N-dealkylation sites (tertiary alicyclic amines) is 1. The molecule has 0 aliphatic carbocycles. The monoisotopic (exact) mass is 464 g/mol. The van der Waals surface area contributed by atoms with Gasteiger partial charge in [-0.15, -0.1) is 35.3 Å². The van der Waals surface area contributed by atoms with Crippen molar-refractivity contribution < 1.29 is 0 Å². The van der Waals surface area contributed by atoms with Crippen molar-refractivity contribution in [2.45, 2.75) is 33.1 Å². The smallest absolute Gasteiger partial charge is 0.190 e. The van der Waals surface area contributed by atoms with E-state index in [4.69, 9.17) is 0 Å². The maximum atomic E-state index is 4.36. The summed E-state index contributed by atoms with van der Waals surface area (Å²) in [7, 11) is 1.86. The van der Waals surface area contributed by atoms with Gasteiger partial charge >= 0.3 is 0 Å². The lowest BCUT2D eigenvalue weighted by Gasteiger charge is -2.18. The van der Waals surface area contributed by atoms with Crippen molar-refractivity contribution in [2.24, 2.45) is 16.8 Å². The fourth-order valence-electron chi connectivity index (χ4n) is 3.18. The lowest BCUT2D eigenvalue weighted by molar-refractivity contribution is 0.324. The van der Waals surface area contributed by atoms with E-state index in [1.165, 1.54) is 37.4 Å². The van der Waals surface area contributed by atoms with E-state index in [1.807, 2.05) is 18.4 Å². The molecule has 1 aliphatic rings. The molecule has 24 heavy (non-hydrogen) atoms. The molecule has 2 N–H and O–H groups in total. The van der Waals surface area contributed by atoms with Crippen LogP contribution in [-0.2, 0) is 6.42 Å². The molecule has 1 aromatic heterocycles. The molecule has 1 fully saturated rings. The Kier molecular flexibility index (Phi) is 10.9. The van der Waals surface area contributed by atoms with Crippen LogP contribution in [0.4, 0.5) is 0 Å². The number of guanidine groups is 1. The summed E-state index contributed by atoms with van der Waals surface area (Å²) in [5, 5.41) is 9.13. The van der Waals surface area contributed by atoms with Gasteiger partial charge in [0, 0.05) is 31.6 Å². The number of hydrogen-bond acceptors (Lipinski definition) is 3. The highest BCUT2D eigenvalue weighted by molar-refractivity contribution is 14.0. The summed E-state index contributed by atoms with van der Waals surface area (Å²) in [6, 6.07) is 4.35. The van der Waals surface area contributed by atoms with Gasteiger partial charge in [-0.1, -0.05) is 19.9 Å². The number of thiophene rings is 1. The van der Waals surface area contributed by atoms with E-state index in [0.717, 1.165) is 31.4 Å². The normalized spacial score (nSPS) is 19.8. The van der Waals surface area contributed by atoms with Gasteiger partial charge in [0.25, 0.3) is 0 Å². The topological polar surface area (TPSA) is 39.7 Å². The second kappa shape index (κ2) is 12.1. The van der Waals surface area contributed by atoms with Gasteiger partial charge in [0.15, 0.2) is 5.96 Å². The summed E-state index contributed by atoms with van der Waals surface area (Å²) in [5.41, 5.74) is 0. The van der Waals surface area contributed by atoms with Crippen LogP contribution in [0.1, 0.15) is 31.6 Å². The molecule has 1 aliphatic heterocycles. The second-order valence-corrected chi connectivity index (χ2v) is 7.71. The number of nitrogens with one attached hydrogen (secondary N) is 2. The minimum absolute atomic E-state index is 0. The average molecular weight is 464 g/mol. The first-order valence-corrected chi connectivity index (χ1v) is 9.78. The fraction of sp³-hybridized carbons (Fsp3) is 0.722. The van der Waals surface area contributed by atoms with Crippen LogP contribution in [0.5, 0.6) is 0 Å². The standard InChI is InChI=1S/C18H32N4S.HI/c1-4-8-22-9-7-16(14-22)13-21-18(19-3)20-12-15(2)11-17-6-5-10-23-17;/h5-6,10,15-16H,4,7-9,11-14H2,1-3H3,(H2,19,20,21);1H. The lowest BCUT2D eigenvalue weighted by atomic mass is 10.1. The summed E-state index contributed by atoms with van der Waals surface area (Å²) in [4.78, 5) is 8.39. The van der Waals surface area contributed by atoms with Gasteiger partial charge in [-0.2, -0.15) is 0 Å². The van der Waals surface area contributed by atoms with Crippen LogP contribution in [-0.4, -0.2) is 50.6 Å². The molecule has 2 rings (SSSR count). The molecule has 0 saturated carbocycles. The van der Waals surface area contributed by atoms with Crippen LogP contribution in [0.25, 0.3) is 0 Å². The Hall–Kier alpha value is -0.340.